The summed E-state index contributed by atoms with van der Waals surface area (Å²) in [6, 6.07) is 5.32. The number of nitrogens with zero attached hydrogens (tertiary/aromatic N) is 3. The number of rotatable bonds is 1. The minimum absolute atomic E-state index is 0.160. The fourth-order valence-electron chi connectivity index (χ4n) is 1.87. The topological polar surface area (TPSA) is 39.2 Å². The molecule has 1 heterocycles. The molecule has 0 unspecified atom stereocenters. The molecule has 17 heavy (non-hydrogen) atoms. The molecule has 0 amide bonds. The molecule has 0 fully saturated rings. The molecule has 0 saturated carbocycles. The van der Waals surface area contributed by atoms with Crippen LogP contribution in [0.2, 0.25) is 0 Å². The van der Waals surface area contributed by atoms with Crippen molar-refractivity contribution in [3.8, 4) is 0 Å². The SMILES string of the molecule is [C-]#[N+]c1ccc2c(c1)c(C(C)C)nc(=O)n2C. The Morgan fingerprint density at radius 2 is 2.12 bits per heavy atom. The highest BCUT2D eigenvalue weighted by molar-refractivity contribution is 5.85. The Labute approximate surface area is 99.4 Å². The van der Waals surface area contributed by atoms with Crippen LogP contribution in [0.1, 0.15) is 25.5 Å². The molecule has 0 saturated heterocycles. The number of hydrogen-bond donors (Lipinski definition) is 0. The lowest BCUT2D eigenvalue weighted by molar-refractivity contribution is 0.775. The fourth-order valence-corrected chi connectivity index (χ4v) is 1.87. The van der Waals surface area contributed by atoms with Crippen molar-refractivity contribution < 1.29 is 0 Å². The largest absolute Gasteiger partial charge is 0.348 e. The van der Waals surface area contributed by atoms with Crippen LogP contribution >= 0.6 is 0 Å². The lowest BCUT2D eigenvalue weighted by atomic mass is 10.0. The van der Waals surface area contributed by atoms with Gasteiger partial charge in [0.25, 0.3) is 0 Å². The van der Waals surface area contributed by atoms with Crippen LogP contribution < -0.4 is 5.69 Å². The second kappa shape index (κ2) is 4.02. The minimum atomic E-state index is -0.253. The first-order chi connectivity index (χ1) is 8.04. The zero-order valence-corrected chi connectivity index (χ0v) is 10.1. The van der Waals surface area contributed by atoms with Gasteiger partial charge in [0.05, 0.1) is 17.8 Å². The predicted molar refractivity (Wildman–Crippen MR) is 67.3 cm³/mol. The van der Waals surface area contributed by atoms with Crippen molar-refractivity contribution >= 4 is 16.6 Å². The van der Waals surface area contributed by atoms with E-state index in [0.29, 0.717) is 5.69 Å². The first-order valence-corrected chi connectivity index (χ1v) is 5.42. The van der Waals surface area contributed by atoms with Crippen molar-refractivity contribution in [3.63, 3.8) is 0 Å². The van der Waals surface area contributed by atoms with Gasteiger partial charge in [-0.15, -0.1) is 0 Å². The predicted octanol–water partition coefficient (Wildman–Crippen LogP) is 2.61. The van der Waals surface area contributed by atoms with Gasteiger partial charge in [0, 0.05) is 12.4 Å². The summed E-state index contributed by atoms with van der Waals surface area (Å²) < 4.78 is 1.51. The Morgan fingerprint density at radius 3 is 2.71 bits per heavy atom. The quantitative estimate of drug-likeness (QED) is 0.702. The highest BCUT2D eigenvalue weighted by Gasteiger charge is 2.11. The third-order valence-electron chi connectivity index (χ3n) is 2.80. The molecule has 4 heteroatoms. The van der Waals surface area contributed by atoms with E-state index in [4.69, 9.17) is 6.57 Å². The van der Waals surface area contributed by atoms with Gasteiger partial charge in [0.2, 0.25) is 0 Å². The Balaban J connectivity index is 2.95. The summed E-state index contributed by atoms with van der Waals surface area (Å²) in [4.78, 5) is 19.2. The molecule has 0 atom stereocenters. The molecule has 86 valence electrons. The zero-order valence-electron chi connectivity index (χ0n) is 10.1. The summed E-state index contributed by atoms with van der Waals surface area (Å²) in [5.41, 5.74) is 1.89. The van der Waals surface area contributed by atoms with Crippen LogP contribution in [-0.2, 0) is 7.05 Å². The summed E-state index contributed by atoms with van der Waals surface area (Å²) in [6.07, 6.45) is 0. The maximum Gasteiger partial charge on any atom is 0.348 e. The Kier molecular flexibility index (Phi) is 2.68. The third kappa shape index (κ3) is 1.80. The summed E-state index contributed by atoms with van der Waals surface area (Å²) in [7, 11) is 1.69. The highest BCUT2D eigenvalue weighted by atomic mass is 16.1. The lowest BCUT2D eigenvalue weighted by Gasteiger charge is -2.11. The van der Waals surface area contributed by atoms with Gasteiger partial charge in [-0.2, -0.15) is 4.98 Å². The molecule has 0 spiro atoms. The number of fused-ring (bicyclic) bond motifs is 1. The van der Waals surface area contributed by atoms with E-state index >= 15 is 0 Å². The molecule has 0 radical (unpaired) electrons. The van der Waals surface area contributed by atoms with Gasteiger partial charge in [-0.3, -0.25) is 4.57 Å². The van der Waals surface area contributed by atoms with E-state index in [2.05, 4.69) is 9.83 Å². The summed E-state index contributed by atoms with van der Waals surface area (Å²) in [5.74, 6) is 0.160. The smallest absolute Gasteiger partial charge is 0.295 e. The molecule has 0 bridgehead atoms. The van der Waals surface area contributed by atoms with Crippen molar-refractivity contribution in [2.75, 3.05) is 0 Å². The average Bonchev–Trinajstić information content (AvgIpc) is 2.32. The van der Waals surface area contributed by atoms with Gasteiger partial charge in [0.15, 0.2) is 5.69 Å². The van der Waals surface area contributed by atoms with E-state index in [1.165, 1.54) is 4.57 Å². The molecule has 0 N–H and O–H groups in total. The number of aryl methyl sites for hydroxylation is 1. The van der Waals surface area contributed by atoms with Crippen molar-refractivity contribution in [1.82, 2.24) is 9.55 Å². The second-order valence-electron chi connectivity index (χ2n) is 4.31. The highest BCUT2D eigenvalue weighted by Crippen LogP contribution is 2.25. The summed E-state index contributed by atoms with van der Waals surface area (Å²) in [6.45, 7) is 11.0. The maximum atomic E-state index is 11.7. The Bertz CT molecular complexity index is 677. The van der Waals surface area contributed by atoms with Gasteiger partial charge in [-0.25, -0.2) is 9.64 Å². The van der Waals surface area contributed by atoms with Crippen LogP contribution in [0.15, 0.2) is 23.0 Å². The van der Waals surface area contributed by atoms with E-state index < -0.39 is 0 Å². The van der Waals surface area contributed by atoms with Crippen LogP contribution in [0.25, 0.3) is 15.7 Å². The summed E-state index contributed by atoms with van der Waals surface area (Å²) >= 11 is 0. The number of benzene rings is 1. The molecule has 1 aromatic carbocycles. The summed E-state index contributed by atoms with van der Waals surface area (Å²) in [5, 5.41) is 0.885. The van der Waals surface area contributed by atoms with Crippen LogP contribution in [0, 0.1) is 6.57 Å². The molecule has 2 rings (SSSR count). The molecule has 2 aromatic rings. The molecular formula is C13H13N3O. The lowest BCUT2D eigenvalue weighted by Crippen LogP contribution is -2.22. The van der Waals surface area contributed by atoms with Crippen molar-refractivity contribution in [1.29, 1.82) is 0 Å². The zero-order chi connectivity index (χ0) is 12.6. The van der Waals surface area contributed by atoms with E-state index in [1.54, 1.807) is 25.2 Å². The van der Waals surface area contributed by atoms with Crippen LogP contribution in [0.3, 0.4) is 0 Å². The standard InChI is InChI=1S/C13H13N3O/c1-8(2)12-10-7-9(14-3)5-6-11(10)16(4)13(17)15-12/h5-8H,1-2,4H3. The maximum absolute atomic E-state index is 11.7. The number of aromatic nitrogens is 2. The van der Waals surface area contributed by atoms with Gasteiger partial charge in [-0.1, -0.05) is 19.9 Å². The van der Waals surface area contributed by atoms with E-state index in [9.17, 15) is 4.79 Å². The monoisotopic (exact) mass is 227 g/mol. The molecule has 1 aromatic heterocycles. The molecule has 0 aliphatic heterocycles. The average molecular weight is 227 g/mol. The Hall–Kier alpha value is -2.15. The van der Waals surface area contributed by atoms with Crippen molar-refractivity contribution in [3.05, 3.63) is 45.8 Å². The van der Waals surface area contributed by atoms with Crippen molar-refractivity contribution in [2.24, 2.45) is 7.05 Å². The normalized spacial score (nSPS) is 10.8. The van der Waals surface area contributed by atoms with Crippen LogP contribution in [-0.4, -0.2) is 9.55 Å². The first-order valence-electron chi connectivity index (χ1n) is 5.42. The molecule has 0 aliphatic rings. The van der Waals surface area contributed by atoms with Crippen LogP contribution in [0.5, 0.6) is 0 Å². The van der Waals surface area contributed by atoms with E-state index in [0.717, 1.165) is 16.6 Å². The van der Waals surface area contributed by atoms with Crippen molar-refractivity contribution in [2.45, 2.75) is 19.8 Å². The van der Waals surface area contributed by atoms with E-state index in [-0.39, 0.29) is 11.6 Å². The van der Waals surface area contributed by atoms with E-state index in [1.807, 2.05) is 13.8 Å². The van der Waals surface area contributed by atoms with Gasteiger partial charge in [0.1, 0.15) is 0 Å². The molecule has 4 nitrogen and oxygen atoms in total. The minimum Gasteiger partial charge on any atom is -0.295 e. The Morgan fingerprint density at radius 1 is 1.41 bits per heavy atom. The third-order valence-corrected chi connectivity index (χ3v) is 2.80. The molecular weight excluding hydrogens is 214 g/mol. The van der Waals surface area contributed by atoms with Crippen LogP contribution in [0.4, 0.5) is 5.69 Å². The fraction of sp³-hybridized carbons (Fsp3) is 0.308. The van der Waals surface area contributed by atoms with Gasteiger partial charge in [-0.05, 0) is 18.1 Å². The van der Waals surface area contributed by atoms with Gasteiger partial charge < -0.3 is 0 Å². The molecule has 0 aliphatic carbocycles. The second-order valence-corrected chi connectivity index (χ2v) is 4.31. The van der Waals surface area contributed by atoms with Gasteiger partial charge >= 0.3 is 5.69 Å². The number of hydrogen-bond acceptors (Lipinski definition) is 2. The first kappa shape index (κ1) is 11.3.